The normalized spacial score (nSPS) is 17.2. The molecule has 1 saturated carbocycles. The molecule has 1 aliphatic rings. The second-order valence-corrected chi connectivity index (χ2v) is 3.31. The summed E-state index contributed by atoms with van der Waals surface area (Å²) in [5.41, 5.74) is 1.92. The number of carbonyl (C=O) groups excluding carboxylic acids is 1. The van der Waals surface area contributed by atoms with Gasteiger partial charge in [-0.1, -0.05) is 24.3 Å². The molecule has 0 amide bonds. The molecule has 0 bridgehead atoms. The molecular weight excluding hydrogens is 172 g/mol. The third kappa shape index (κ3) is 1.87. The predicted molar refractivity (Wildman–Crippen MR) is 56.0 cm³/mol. The van der Waals surface area contributed by atoms with Gasteiger partial charge in [-0.15, -0.1) is 0 Å². The number of rotatable bonds is 2. The van der Waals surface area contributed by atoms with Crippen LogP contribution in [0.1, 0.15) is 22.8 Å². The highest BCUT2D eigenvalue weighted by Gasteiger charge is 2.18. The number of hydrogen-bond acceptors (Lipinski definition) is 1. The van der Waals surface area contributed by atoms with Crippen molar-refractivity contribution >= 4 is 5.78 Å². The minimum Gasteiger partial charge on any atom is -0.295 e. The van der Waals surface area contributed by atoms with E-state index >= 15 is 0 Å². The Morgan fingerprint density at radius 1 is 1.00 bits per heavy atom. The molecule has 2 rings (SSSR count). The van der Waals surface area contributed by atoms with E-state index < -0.39 is 0 Å². The van der Waals surface area contributed by atoms with Crippen molar-refractivity contribution in [2.75, 3.05) is 0 Å². The zero-order valence-corrected chi connectivity index (χ0v) is 8.03. The largest absolute Gasteiger partial charge is 0.295 e. The van der Waals surface area contributed by atoms with Crippen LogP contribution in [0.3, 0.4) is 0 Å². The van der Waals surface area contributed by atoms with Crippen molar-refractivity contribution in [2.45, 2.75) is 6.92 Å². The predicted octanol–water partition coefficient (Wildman–Crippen LogP) is 2.64. The molecule has 5 radical (unpaired) electrons. The first-order chi connectivity index (χ1) is 6.77. The first-order valence-corrected chi connectivity index (χ1v) is 4.60. The molecule has 1 fully saturated rings. The summed E-state index contributed by atoms with van der Waals surface area (Å²) in [6.45, 7) is 1.58. The van der Waals surface area contributed by atoms with Crippen molar-refractivity contribution in [3.63, 3.8) is 0 Å². The van der Waals surface area contributed by atoms with Crippen LogP contribution in [0.4, 0.5) is 0 Å². The van der Waals surface area contributed by atoms with Gasteiger partial charge in [-0.3, -0.25) is 4.79 Å². The van der Waals surface area contributed by atoms with Gasteiger partial charge in [-0.05, 0) is 38.2 Å². The molecule has 1 aromatic rings. The van der Waals surface area contributed by atoms with Gasteiger partial charge in [-0.25, -0.2) is 0 Å². The van der Waals surface area contributed by atoms with Crippen LogP contribution in [0.2, 0.25) is 0 Å². The van der Waals surface area contributed by atoms with Crippen LogP contribution in [-0.4, -0.2) is 5.78 Å². The highest BCUT2D eigenvalue weighted by atomic mass is 16.1. The topological polar surface area (TPSA) is 17.1 Å². The highest BCUT2D eigenvalue weighted by molar-refractivity contribution is 5.94. The summed E-state index contributed by atoms with van der Waals surface area (Å²) in [6.07, 6.45) is 8.13. The van der Waals surface area contributed by atoms with Crippen LogP contribution >= 0.6 is 0 Å². The van der Waals surface area contributed by atoms with Crippen LogP contribution in [0.25, 0.3) is 0 Å². The van der Waals surface area contributed by atoms with Crippen LogP contribution in [0.15, 0.2) is 24.3 Å². The molecular formula is C13H11O. The molecule has 0 saturated heterocycles. The van der Waals surface area contributed by atoms with Crippen molar-refractivity contribution in [1.29, 1.82) is 0 Å². The second kappa shape index (κ2) is 3.95. The zero-order chi connectivity index (χ0) is 9.97. The van der Waals surface area contributed by atoms with E-state index in [-0.39, 0.29) is 5.78 Å². The third-order valence-corrected chi connectivity index (χ3v) is 2.29. The first kappa shape index (κ1) is 9.45. The van der Waals surface area contributed by atoms with Crippen molar-refractivity contribution < 1.29 is 4.79 Å². The minimum atomic E-state index is 0.110. The van der Waals surface area contributed by atoms with Gasteiger partial charge < -0.3 is 0 Å². The molecule has 0 aromatic heterocycles. The molecule has 0 atom stereocenters. The van der Waals surface area contributed by atoms with Crippen LogP contribution in [-0.2, 0) is 0 Å². The molecule has 0 unspecified atom stereocenters. The van der Waals surface area contributed by atoms with Crippen LogP contribution < -0.4 is 0 Å². The summed E-state index contributed by atoms with van der Waals surface area (Å²) in [4.78, 5) is 11.0. The SMILES string of the molecule is CC(=O)c1ccc([C]2[CH][CH][CH][CH]2)cc1. The quantitative estimate of drug-likeness (QED) is 0.644. The molecule has 0 N–H and O–H groups in total. The van der Waals surface area contributed by atoms with E-state index in [4.69, 9.17) is 0 Å². The summed E-state index contributed by atoms with van der Waals surface area (Å²) in [7, 11) is 0. The van der Waals surface area contributed by atoms with E-state index in [1.54, 1.807) is 6.92 Å². The summed E-state index contributed by atoms with van der Waals surface area (Å²) >= 11 is 0. The fourth-order valence-corrected chi connectivity index (χ4v) is 1.46. The number of hydrogen-bond donors (Lipinski definition) is 0. The average Bonchev–Trinajstić information content (AvgIpc) is 2.71. The van der Waals surface area contributed by atoms with Crippen molar-refractivity contribution in [1.82, 2.24) is 0 Å². The molecule has 0 spiro atoms. The maximum absolute atomic E-state index is 11.0. The van der Waals surface area contributed by atoms with Crippen LogP contribution in [0, 0.1) is 31.6 Å². The van der Waals surface area contributed by atoms with Crippen LogP contribution in [0.5, 0.6) is 0 Å². The third-order valence-electron chi connectivity index (χ3n) is 2.29. The Kier molecular flexibility index (Phi) is 2.67. The molecule has 1 aromatic carbocycles. The lowest BCUT2D eigenvalue weighted by atomic mass is 9.96. The number of carbonyl (C=O) groups is 1. The van der Waals surface area contributed by atoms with Gasteiger partial charge in [0.2, 0.25) is 0 Å². The number of benzene rings is 1. The van der Waals surface area contributed by atoms with E-state index in [1.807, 2.05) is 37.1 Å². The van der Waals surface area contributed by atoms with Gasteiger partial charge in [0.25, 0.3) is 0 Å². The molecule has 0 aliphatic heterocycles. The van der Waals surface area contributed by atoms with Crippen molar-refractivity contribution in [2.24, 2.45) is 0 Å². The zero-order valence-electron chi connectivity index (χ0n) is 8.03. The molecule has 14 heavy (non-hydrogen) atoms. The van der Waals surface area contributed by atoms with Crippen molar-refractivity contribution in [3.8, 4) is 0 Å². The summed E-state index contributed by atoms with van der Waals surface area (Å²) in [6, 6.07) is 7.69. The fourth-order valence-electron chi connectivity index (χ4n) is 1.46. The first-order valence-electron chi connectivity index (χ1n) is 4.60. The Hall–Kier alpha value is -1.11. The summed E-state index contributed by atoms with van der Waals surface area (Å²) in [5, 5.41) is 0. The van der Waals surface area contributed by atoms with E-state index in [1.165, 1.54) is 5.92 Å². The highest BCUT2D eigenvalue weighted by Crippen LogP contribution is 2.29. The minimum absolute atomic E-state index is 0.110. The van der Waals surface area contributed by atoms with E-state index in [9.17, 15) is 4.79 Å². The fraction of sp³-hybridized carbons (Fsp3) is 0.0769. The number of Topliss-reactive ketones (excluding diaryl/α,β-unsaturated/α-hetero) is 1. The smallest absolute Gasteiger partial charge is 0.159 e. The maximum Gasteiger partial charge on any atom is 0.159 e. The van der Waals surface area contributed by atoms with Gasteiger partial charge in [-0.2, -0.15) is 0 Å². The lowest BCUT2D eigenvalue weighted by molar-refractivity contribution is 0.101. The molecule has 1 heteroatoms. The van der Waals surface area contributed by atoms with Gasteiger partial charge in [0.15, 0.2) is 5.78 Å². The van der Waals surface area contributed by atoms with E-state index in [0.29, 0.717) is 0 Å². The lowest BCUT2D eigenvalue weighted by Crippen LogP contribution is -1.97. The second-order valence-electron chi connectivity index (χ2n) is 3.31. The van der Waals surface area contributed by atoms with E-state index in [2.05, 4.69) is 12.8 Å². The average molecular weight is 183 g/mol. The van der Waals surface area contributed by atoms with Gasteiger partial charge in [0.1, 0.15) is 0 Å². The summed E-state index contributed by atoms with van der Waals surface area (Å²) < 4.78 is 0. The maximum atomic E-state index is 11.0. The van der Waals surface area contributed by atoms with Crippen molar-refractivity contribution in [3.05, 3.63) is 67.0 Å². The van der Waals surface area contributed by atoms with Gasteiger partial charge in [0.05, 0.1) is 0 Å². The van der Waals surface area contributed by atoms with Gasteiger partial charge >= 0.3 is 0 Å². The Morgan fingerprint density at radius 3 is 2.07 bits per heavy atom. The Balaban J connectivity index is 2.16. The Morgan fingerprint density at radius 2 is 1.57 bits per heavy atom. The summed E-state index contributed by atoms with van der Waals surface area (Å²) in [5.74, 6) is 1.30. The van der Waals surface area contributed by atoms with Gasteiger partial charge in [0, 0.05) is 11.5 Å². The Bertz CT molecular complexity index is 318. The lowest BCUT2D eigenvalue weighted by Gasteiger charge is -2.07. The number of ketones is 1. The van der Waals surface area contributed by atoms with E-state index in [0.717, 1.165) is 11.1 Å². The molecule has 1 aliphatic carbocycles. The monoisotopic (exact) mass is 183 g/mol. The standard InChI is InChI=1S/C13H11O/c1-10(14)11-6-8-13(9-7-11)12-4-2-3-5-12/h2-9H,1H3. The Labute approximate surface area is 85.1 Å². The molecule has 1 nitrogen and oxygen atoms in total. The molecule has 0 heterocycles. The molecule has 69 valence electrons.